The second-order valence-corrected chi connectivity index (χ2v) is 5.97. The fraction of sp³-hybridized carbons (Fsp3) is 0.118. The summed E-state index contributed by atoms with van der Waals surface area (Å²) >= 11 is 0. The molecule has 140 valence electrons. The molecule has 4 N–H and O–H groups in total. The van der Waals surface area contributed by atoms with Crippen molar-refractivity contribution in [1.29, 1.82) is 0 Å². The summed E-state index contributed by atoms with van der Waals surface area (Å²) in [5.41, 5.74) is 8.62. The lowest BCUT2D eigenvalue weighted by Crippen LogP contribution is -2.12. The summed E-state index contributed by atoms with van der Waals surface area (Å²) in [6, 6.07) is 14.1. The Morgan fingerprint density at radius 3 is 2.56 bits per heavy atom. The van der Waals surface area contributed by atoms with Crippen molar-refractivity contribution in [2.75, 3.05) is 22.7 Å². The second-order valence-electron chi connectivity index (χ2n) is 5.33. The van der Waals surface area contributed by atoms with Crippen LogP contribution in [0.15, 0.2) is 59.1 Å². The first-order chi connectivity index (χ1) is 13.1. The number of aromatic nitrogens is 3. The zero-order valence-corrected chi connectivity index (χ0v) is 15.3. The highest BCUT2D eigenvalue weighted by Crippen LogP contribution is 2.20. The minimum absolute atomic E-state index is 0.412. The van der Waals surface area contributed by atoms with Gasteiger partial charge in [-0.2, -0.15) is 4.98 Å². The maximum absolute atomic E-state index is 10.7. The number of nitrogens with one attached hydrogen (secondary N) is 3. The molecule has 1 aromatic carbocycles. The quantitative estimate of drug-likeness (QED) is 0.276. The average molecular weight is 384 g/mol. The van der Waals surface area contributed by atoms with Crippen LogP contribution in [0.2, 0.25) is 0 Å². The van der Waals surface area contributed by atoms with Gasteiger partial charge < -0.3 is 18.4 Å². The minimum Gasteiger partial charge on any atom is -0.454 e. The second kappa shape index (κ2) is 8.92. The standard InChI is InChI=1S/C17H18N7O2S/c1-2-18-17-20-15(14-5-3-4-10-19-14)11-16(21-17)23-22-12-6-8-13(9-7-12)24-27(25)26/h3-11,22H,2H2,1H3,(H,24,25,26)(H2,18,20,21,23)/q-1. The van der Waals surface area contributed by atoms with E-state index in [1.165, 1.54) is 0 Å². The van der Waals surface area contributed by atoms with Gasteiger partial charge in [-0.3, -0.25) is 15.8 Å². The number of benzene rings is 1. The van der Waals surface area contributed by atoms with E-state index in [-0.39, 0.29) is 0 Å². The average Bonchev–Trinajstić information content (AvgIpc) is 2.68. The van der Waals surface area contributed by atoms with Gasteiger partial charge >= 0.3 is 0 Å². The van der Waals surface area contributed by atoms with E-state index in [2.05, 4.69) is 35.5 Å². The van der Waals surface area contributed by atoms with Crippen LogP contribution in [-0.4, -0.2) is 26.0 Å². The van der Waals surface area contributed by atoms with Crippen LogP contribution in [0.3, 0.4) is 0 Å². The number of hydrazine groups is 1. The molecule has 0 fully saturated rings. The fourth-order valence-corrected chi connectivity index (χ4v) is 2.53. The van der Waals surface area contributed by atoms with Crippen molar-refractivity contribution in [3.63, 3.8) is 0 Å². The lowest BCUT2D eigenvalue weighted by molar-refractivity contribution is 0.529. The molecule has 0 saturated heterocycles. The van der Waals surface area contributed by atoms with E-state index < -0.39 is 10.9 Å². The molecule has 0 amide bonds. The number of anilines is 3. The maximum atomic E-state index is 10.7. The fourth-order valence-electron chi connectivity index (χ4n) is 2.23. The van der Waals surface area contributed by atoms with Gasteiger partial charge in [0.1, 0.15) is 0 Å². The SMILES string of the molecule is CCNc1nc(NNc2ccc(N=[S-](=O)O)cc2)cc(-c2ccccn2)n1. The zero-order valence-electron chi connectivity index (χ0n) is 14.5. The topological polar surface area (TPSA) is 124 Å². The molecule has 0 aliphatic carbocycles. The van der Waals surface area contributed by atoms with E-state index in [1.54, 1.807) is 36.5 Å². The van der Waals surface area contributed by atoms with Gasteiger partial charge in [0.15, 0.2) is 5.82 Å². The van der Waals surface area contributed by atoms with Gasteiger partial charge in [-0.25, -0.2) is 4.98 Å². The maximum Gasteiger partial charge on any atom is 0.225 e. The van der Waals surface area contributed by atoms with E-state index in [0.717, 1.165) is 11.4 Å². The molecule has 9 nitrogen and oxygen atoms in total. The minimum atomic E-state index is -2.22. The smallest absolute Gasteiger partial charge is 0.225 e. The molecule has 27 heavy (non-hydrogen) atoms. The van der Waals surface area contributed by atoms with E-state index >= 15 is 0 Å². The number of rotatable bonds is 7. The Morgan fingerprint density at radius 1 is 1.07 bits per heavy atom. The molecule has 2 aromatic heterocycles. The molecule has 2 heterocycles. The summed E-state index contributed by atoms with van der Waals surface area (Å²) in [6.45, 7) is 2.66. The van der Waals surface area contributed by atoms with Gasteiger partial charge in [0.25, 0.3) is 0 Å². The third-order valence-corrected chi connectivity index (χ3v) is 3.74. The Hall–Kier alpha value is -3.24. The summed E-state index contributed by atoms with van der Waals surface area (Å²) in [7, 11) is -2.22. The monoisotopic (exact) mass is 384 g/mol. The first kappa shape index (κ1) is 18.5. The predicted octanol–water partition coefficient (Wildman–Crippen LogP) is 3.66. The van der Waals surface area contributed by atoms with Crippen LogP contribution >= 0.6 is 0 Å². The molecule has 0 aliphatic rings. The first-order valence-corrected chi connectivity index (χ1v) is 9.19. The molecule has 0 radical (unpaired) electrons. The van der Waals surface area contributed by atoms with Crippen molar-refractivity contribution >= 4 is 34.0 Å². The van der Waals surface area contributed by atoms with Gasteiger partial charge in [-0.05, 0) is 43.3 Å². The lowest BCUT2D eigenvalue weighted by atomic mass is 10.2. The highest BCUT2D eigenvalue weighted by molar-refractivity contribution is 7.68. The van der Waals surface area contributed by atoms with E-state index in [0.29, 0.717) is 29.7 Å². The molecule has 0 bridgehead atoms. The summed E-state index contributed by atoms with van der Waals surface area (Å²) in [4.78, 5) is 13.2. The molecule has 0 spiro atoms. The van der Waals surface area contributed by atoms with Crippen LogP contribution in [0.4, 0.5) is 23.1 Å². The molecule has 0 saturated carbocycles. The number of hydrogen-bond acceptors (Lipinski definition) is 9. The number of hydrogen-bond donors (Lipinski definition) is 4. The van der Waals surface area contributed by atoms with Crippen molar-refractivity contribution < 1.29 is 8.76 Å². The normalized spacial score (nSPS) is 11.8. The molecule has 0 unspecified atom stereocenters. The highest BCUT2D eigenvalue weighted by atomic mass is 32.2. The van der Waals surface area contributed by atoms with E-state index in [9.17, 15) is 4.21 Å². The molecule has 10 heteroatoms. The Labute approximate surface area is 158 Å². The predicted molar refractivity (Wildman–Crippen MR) is 106 cm³/mol. The molecular formula is C17H18N7O2S-. The molecular weight excluding hydrogens is 366 g/mol. The number of pyridine rings is 1. The van der Waals surface area contributed by atoms with Crippen molar-refractivity contribution in [3.05, 3.63) is 54.7 Å². The summed E-state index contributed by atoms with van der Waals surface area (Å²) in [6.07, 6.45) is 1.71. The Balaban J connectivity index is 1.78. The largest absolute Gasteiger partial charge is 0.454 e. The zero-order chi connectivity index (χ0) is 19.1. The van der Waals surface area contributed by atoms with Crippen LogP contribution in [-0.2, 0) is 15.1 Å². The summed E-state index contributed by atoms with van der Waals surface area (Å²) in [5.74, 6) is 1.05. The summed E-state index contributed by atoms with van der Waals surface area (Å²) in [5, 5.41) is 3.10. The molecule has 0 atom stereocenters. The molecule has 0 aliphatic heterocycles. The van der Waals surface area contributed by atoms with Crippen molar-refractivity contribution in [2.24, 2.45) is 4.36 Å². The third-order valence-electron chi connectivity index (χ3n) is 3.37. The molecule has 3 rings (SSSR count). The Bertz CT molecular complexity index is 974. The highest BCUT2D eigenvalue weighted by Gasteiger charge is 2.07. The van der Waals surface area contributed by atoms with Gasteiger partial charge in [0, 0.05) is 24.5 Å². The van der Waals surface area contributed by atoms with E-state index in [4.69, 9.17) is 4.55 Å². The van der Waals surface area contributed by atoms with Crippen molar-refractivity contribution in [2.45, 2.75) is 6.92 Å². The van der Waals surface area contributed by atoms with Gasteiger partial charge in [-0.1, -0.05) is 16.9 Å². The number of nitrogens with zero attached hydrogens (tertiary/aromatic N) is 4. The van der Waals surface area contributed by atoms with E-state index in [1.807, 2.05) is 25.1 Å². The van der Waals surface area contributed by atoms with Crippen molar-refractivity contribution in [3.8, 4) is 11.4 Å². The molecule has 3 aromatic rings. The summed E-state index contributed by atoms with van der Waals surface area (Å²) < 4.78 is 23.0. The first-order valence-electron chi connectivity index (χ1n) is 8.13. The van der Waals surface area contributed by atoms with Crippen LogP contribution in [0.25, 0.3) is 11.4 Å². The van der Waals surface area contributed by atoms with Crippen LogP contribution in [0.1, 0.15) is 6.92 Å². The van der Waals surface area contributed by atoms with Gasteiger partial charge in [0.2, 0.25) is 5.95 Å². The van der Waals surface area contributed by atoms with Gasteiger partial charge in [0.05, 0.1) is 17.1 Å². The van der Waals surface area contributed by atoms with Crippen LogP contribution < -0.4 is 16.2 Å². The lowest BCUT2D eigenvalue weighted by Gasteiger charge is -2.12. The van der Waals surface area contributed by atoms with Crippen LogP contribution in [0, 0.1) is 0 Å². The third kappa shape index (κ3) is 5.36. The van der Waals surface area contributed by atoms with Crippen molar-refractivity contribution in [1.82, 2.24) is 15.0 Å². The Morgan fingerprint density at radius 2 is 1.89 bits per heavy atom. The Kier molecular flexibility index (Phi) is 6.13. The van der Waals surface area contributed by atoms with Crippen LogP contribution in [0.5, 0.6) is 0 Å². The van der Waals surface area contributed by atoms with Gasteiger partial charge in [-0.15, -0.1) is 0 Å².